The van der Waals surface area contributed by atoms with Crippen LogP contribution in [0.4, 0.5) is 5.69 Å². The molecule has 9 nitrogen and oxygen atoms in total. The molecule has 11 heteroatoms. The first-order chi connectivity index (χ1) is 17.2. The van der Waals surface area contributed by atoms with Gasteiger partial charge in [0, 0.05) is 23.2 Å². The van der Waals surface area contributed by atoms with E-state index in [1.807, 2.05) is 20.8 Å². The van der Waals surface area contributed by atoms with E-state index in [2.05, 4.69) is 5.32 Å². The van der Waals surface area contributed by atoms with E-state index < -0.39 is 34.1 Å². The number of benzene rings is 2. The number of methoxy groups -OCH3 is 2. The first kappa shape index (κ1) is 30.2. The van der Waals surface area contributed by atoms with Crippen LogP contribution in [0.5, 0.6) is 11.5 Å². The molecule has 37 heavy (non-hydrogen) atoms. The van der Waals surface area contributed by atoms with Crippen LogP contribution in [0, 0.1) is 0 Å². The van der Waals surface area contributed by atoms with Crippen molar-refractivity contribution in [3.05, 3.63) is 53.1 Å². The van der Waals surface area contributed by atoms with Crippen molar-refractivity contribution >= 4 is 39.1 Å². The summed E-state index contributed by atoms with van der Waals surface area (Å²) in [4.78, 5) is 28.4. The second-order valence-electron chi connectivity index (χ2n) is 9.62. The number of hydrogen-bond donors (Lipinski definition) is 1. The third-order valence-electron chi connectivity index (χ3n) is 5.49. The van der Waals surface area contributed by atoms with Gasteiger partial charge in [0.05, 0.1) is 26.2 Å². The molecule has 0 fully saturated rings. The molecule has 0 heterocycles. The normalized spacial score (nSPS) is 12.4. The lowest BCUT2D eigenvalue weighted by molar-refractivity contribution is -0.141. The van der Waals surface area contributed by atoms with Gasteiger partial charge >= 0.3 is 0 Å². The molecule has 2 amide bonds. The number of carbonyl (C=O) groups is 2. The largest absolute Gasteiger partial charge is 0.497 e. The zero-order valence-electron chi connectivity index (χ0n) is 22.4. The average Bonchev–Trinajstić information content (AvgIpc) is 2.81. The van der Waals surface area contributed by atoms with Crippen molar-refractivity contribution in [2.75, 3.05) is 31.3 Å². The van der Waals surface area contributed by atoms with E-state index in [4.69, 9.17) is 21.1 Å². The van der Waals surface area contributed by atoms with Gasteiger partial charge in [0.1, 0.15) is 24.1 Å². The van der Waals surface area contributed by atoms with Gasteiger partial charge in [-0.25, -0.2) is 8.42 Å². The monoisotopic (exact) mass is 553 g/mol. The third kappa shape index (κ3) is 8.53. The van der Waals surface area contributed by atoms with E-state index in [1.54, 1.807) is 37.3 Å². The van der Waals surface area contributed by atoms with E-state index in [-0.39, 0.29) is 23.9 Å². The Morgan fingerprint density at radius 1 is 1.05 bits per heavy atom. The number of carbonyl (C=O) groups excluding carboxylic acids is 2. The molecule has 0 bridgehead atoms. The standard InChI is InChI=1S/C26H36ClN3O6S/c1-8-21(25(32)28-26(2,3)4)29(16-18-9-11-19(27)12-10-18)24(31)17-30(37(7,33)34)22-14-13-20(35-5)15-23(22)36-6/h9-15,21H,8,16-17H2,1-7H3,(H,28,32). The van der Waals surface area contributed by atoms with Crippen LogP contribution in [-0.2, 0) is 26.2 Å². The molecule has 0 aliphatic rings. The summed E-state index contributed by atoms with van der Waals surface area (Å²) in [5.41, 5.74) is 0.403. The Morgan fingerprint density at radius 2 is 1.68 bits per heavy atom. The molecule has 1 N–H and O–H groups in total. The number of hydrogen-bond acceptors (Lipinski definition) is 6. The molecule has 2 aromatic carbocycles. The number of nitrogens with one attached hydrogen (secondary N) is 1. The van der Waals surface area contributed by atoms with E-state index in [9.17, 15) is 18.0 Å². The van der Waals surface area contributed by atoms with Crippen molar-refractivity contribution in [1.82, 2.24) is 10.2 Å². The Hall–Kier alpha value is -2.98. The Labute approximate surface area is 224 Å². The van der Waals surface area contributed by atoms with Crippen LogP contribution in [0.15, 0.2) is 42.5 Å². The molecule has 1 atom stereocenters. The summed E-state index contributed by atoms with van der Waals surface area (Å²) in [5, 5.41) is 3.46. The van der Waals surface area contributed by atoms with Gasteiger partial charge in [0.25, 0.3) is 0 Å². The van der Waals surface area contributed by atoms with Crippen molar-refractivity contribution in [3.63, 3.8) is 0 Å². The van der Waals surface area contributed by atoms with Gasteiger partial charge in [-0.1, -0.05) is 30.7 Å². The minimum absolute atomic E-state index is 0.0867. The Balaban J connectivity index is 2.52. The van der Waals surface area contributed by atoms with E-state index in [0.717, 1.165) is 16.1 Å². The predicted octanol–water partition coefficient (Wildman–Crippen LogP) is 3.85. The van der Waals surface area contributed by atoms with Gasteiger partial charge in [-0.05, 0) is 57.0 Å². The van der Waals surface area contributed by atoms with Gasteiger partial charge < -0.3 is 19.7 Å². The second kappa shape index (κ2) is 12.5. The highest BCUT2D eigenvalue weighted by atomic mass is 35.5. The molecule has 2 aromatic rings. The molecule has 0 saturated carbocycles. The van der Waals surface area contributed by atoms with Crippen LogP contribution in [-0.4, -0.2) is 63.7 Å². The average molecular weight is 554 g/mol. The summed E-state index contributed by atoms with van der Waals surface area (Å²) < 4.78 is 37.2. The smallest absolute Gasteiger partial charge is 0.244 e. The topological polar surface area (TPSA) is 105 Å². The summed E-state index contributed by atoms with van der Waals surface area (Å²) in [6.45, 7) is 6.91. The number of sulfonamides is 1. The maximum atomic E-state index is 13.8. The third-order valence-corrected chi connectivity index (χ3v) is 6.86. The summed E-state index contributed by atoms with van der Waals surface area (Å²) >= 11 is 6.02. The summed E-state index contributed by atoms with van der Waals surface area (Å²) in [6.07, 6.45) is 1.34. The minimum atomic E-state index is -3.91. The first-order valence-electron chi connectivity index (χ1n) is 11.8. The van der Waals surface area contributed by atoms with Gasteiger partial charge in [-0.3, -0.25) is 13.9 Å². The molecular formula is C26H36ClN3O6S. The highest BCUT2D eigenvalue weighted by molar-refractivity contribution is 7.92. The van der Waals surface area contributed by atoms with Gasteiger partial charge in [-0.2, -0.15) is 0 Å². The van der Waals surface area contributed by atoms with E-state index in [0.29, 0.717) is 17.2 Å². The number of rotatable bonds is 11. The quantitative estimate of drug-likeness (QED) is 0.453. The van der Waals surface area contributed by atoms with Crippen molar-refractivity contribution < 1.29 is 27.5 Å². The first-order valence-corrected chi connectivity index (χ1v) is 14.0. The fraction of sp³-hybridized carbons (Fsp3) is 0.462. The van der Waals surface area contributed by atoms with E-state index in [1.165, 1.54) is 31.3 Å². The van der Waals surface area contributed by atoms with E-state index >= 15 is 0 Å². The van der Waals surface area contributed by atoms with Gasteiger partial charge in [-0.15, -0.1) is 0 Å². The minimum Gasteiger partial charge on any atom is -0.497 e. The Kier molecular flexibility index (Phi) is 10.2. The number of ether oxygens (including phenoxy) is 2. The maximum absolute atomic E-state index is 13.8. The van der Waals surface area contributed by atoms with Crippen molar-refractivity contribution in [2.45, 2.75) is 52.2 Å². The van der Waals surface area contributed by atoms with Crippen molar-refractivity contribution in [3.8, 4) is 11.5 Å². The molecule has 0 aliphatic carbocycles. The van der Waals surface area contributed by atoms with Crippen LogP contribution in [0.25, 0.3) is 0 Å². The zero-order chi connectivity index (χ0) is 28.0. The molecule has 0 spiro atoms. The molecule has 204 valence electrons. The second-order valence-corrected chi connectivity index (χ2v) is 12.0. The molecule has 0 saturated heterocycles. The summed E-state index contributed by atoms with van der Waals surface area (Å²) in [5.74, 6) is -0.187. The molecular weight excluding hydrogens is 518 g/mol. The zero-order valence-corrected chi connectivity index (χ0v) is 23.9. The summed E-state index contributed by atoms with van der Waals surface area (Å²) in [7, 11) is -1.03. The fourth-order valence-corrected chi connectivity index (χ4v) is 4.72. The number of anilines is 1. The Bertz CT molecular complexity index is 1200. The number of nitrogens with zero attached hydrogens (tertiary/aromatic N) is 2. The predicted molar refractivity (Wildman–Crippen MR) is 146 cm³/mol. The highest BCUT2D eigenvalue weighted by Crippen LogP contribution is 2.33. The number of halogens is 1. The molecule has 2 rings (SSSR count). The van der Waals surface area contributed by atoms with Crippen LogP contribution >= 0.6 is 11.6 Å². The lowest BCUT2D eigenvalue weighted by Crippen LogP contribution is -2.55. The van der Waals surface area contributed by atoms with Crippen LogP contribution in [0.2, 0.25) is 5.02 Å². The Morgan fingerprint density at radius 3 is 2.16 bits per heavy atom. The number of amides is 2. The fourth-order valence-electron chi connectivity index (χ4n) is 3.74. The lowest BCUT2D eigenvalue weighted by atomic mass is 10.1. The van der Waals surface area contributed by atoms with Gasteiger partial charge in [0.2, 0.25) is 21.8 Å². The van der Waals surface area contributed by atoms with Crippen LogP contribution < -0.4 is 19.1 Å². The molecule has 0 radical (unpaired) electrons. The lowest BCUT2D eigenvalue weighted by Gasteiger charge is -2.34. The molecule has 1 unspecified atom stereocenters. The van der Waals surface area contributed by atoms with Crippen molar-refractivity contribution in [2.24, 2.45) is 0 Å². The molecule has 0 aromatic heterocycles. The molecule has 0 aliphatic heterocycles. The van der Waals surface area contributed by atoms with Crippen molar-refractivity contribution in [1.29, 1.82) is 0 Å². The summed E-state index contributed by atoms with van der Waals surface area (Å²) in [6, 6.07) is 10.7. The van der Waals surface area contributed by atoms with Gasteiger partial charge in [0.15, 0.2) is 0 Å². The maximum Gasteiger partial charge on any atom is 0.244 e. The van der Waals surface area contributed by atoms with Crippen LogP contribution in [0.3, 0.4) is 0 Å². The SMILES string of the molecule is CCC(C(=O)NC(C)(C)C)N(Cc1ccc(Cl)cc1)C(=O)CN(c1ccc(OC)cc1OC)S(C)(=O)=O. The van der Waals surface area contributed by atoms with Crippen LogP contribution in [0.1, 0.15) is 39.7 Å². The highest BCUT2D eigenvalue weighted by Gasteiger charge is 2.33.